The van der Waals surface area contributed by atoms with Crippen LogP contribution < -0.4 is 10.2 Å². The number of anilines is 1. The lowest BCUT2D eigenvalue weighted by atomic mass is 9.95. The molecule has 0 aliphatic carbocycles. The van der Waals surface area contributed by atoms with Gasteiger partial charge in [0.25, 0.3) is 5.89 Å². The predicted molar refractivity (Wildman–Crippen MR) is 119 cm³/mol. The van der Waals surface area contributed by atoms with Gasteiger partial charge < -0.3 is 19.3 Å². The number of rotatable bonds is 8. The van der Waals surface area contributed by atoms with E-state index in [1.54, 1.807) is 18.3 Å². The highest BCUT2D eigenvalue weighted by Gasteiger charge is 2.26. The molecule has 0 spiro atoms. The third-order valence-electron chi connectivity index (χ3n) is 5.98. The minimum Gasteiger partial charge on any atom is -0.369 e. The molecule has 1 fully saturated rings. The van der Waals surface area contributed by atoms with Crippen molar-refractivity contribution in [1.82, 2.24) is 25.0 Å². The summed E-state index contributed by atoms with van der Waals surface area (Å²) in [5, 5.41) is 6.90. The fourth-order valence-electron chi connectivity index (χ4n) is 4.04. The van der Waals surface area contributed by atoms with E-state index in [4.69, 9.17) is 4.52 Å². The van der Waals surface area contributed by atoms with Gasteiger partial charge in [-0.3, -0.25) is 4.79 Å². The van der Waals surface area contributed by atoms with E-state index in [1.165, 1.54) is 6.07 Å². The standard InChI is InChI=1S/C23H29FN6O2/c1-3-21-27-23(32-28-21)18-5-6-20(19(24)15-18)30-12-7-17(8-13-30)22(31)26-9-4-11-29-14-10-25-16(29)2/h5-6,10,14-15,17H,3-4,7-9,11-13H2,1-2H3,(H,26,31). The lowest BCUT2D eigenvalue weighted by Crippen LogP contribution is -2.41. The number of carbonyl (C=O) groups excluding carboxylic acids is 1. The quantitative estimate of drug-likeness (QED) is 0.541. The van der Waals surface area contributed by atoms with Crippen LogP contribution in [0.25, 0.3) is 11.5 Å². The molecular formula is C23H29FN6O2. The molecule has 4 rings (SSSR count). The van der Waals surface area contributed by atoms with E-state index in [0.29, 0.717) is 61.9 Å². The van der Waals surface area contributed by atoms with Crippen molar-refractivity contribution in [3.63, 3.8) is 0 Å². The van der Waals surface area contributed by atoms with Gasteiger partial charge >= 0.3 is 0 Å². The van der Waals surface area contributed by atoms with Crippen LogP contribution in [0, 0.1) is 18.7 Å². The Morgan fingerprint density at radius 3 is 2.78 bits per heavy atom. The molecule has 9 heteroatoms. The van der Waals surface area contributed by atoms with Crippen LogP contribution >= 0.6 is 0 Å². The predicted octanol–water partition coefficient (Wildman–Crippen LogP) is 3.37. The Kier molecular flexibility index (Phi) is 6.82. The number of nitrogens with one attached hydrogen (secondary N) is 1. The number of hydrogen-bond donors (Lipinski definition) is 1. The van der Waals surface area contributed by atoms with Gasteiger partial charge in [0.1, 0.15) is 11.6 Å². The van der Waals surface area contributed by atoms with Gasteiger partial charge in [-0.1, -0.05) is 12.1 Å². The fraction of sp³-hybridized carbons (Fsp3) is 0.478. The normalized spacial score (nSPS) is 14.7. The van der Waals surface area contributed by atoms with E-state index in [-0.39, 0.29) is 17.6 Å². The molecule has 3 heterocycles. The molecule has 2 aromatic heterocycles. The zero-order chi connectivity index (χ0) is 22.5. The molecule has 1 aliphatic rings. The van der Waals surface area contributed by atoms with Gasteiger partial charge in [-0.25, -0.2) is 9.37 Å². The topological polar surface area (TPSA) is 89.1 Å². The van der Waals surface area contributed by atoms with E-state index >= 15 is 0 Å². The smallest absolute Gasteiger partial charge is 0.258 e. The molecule has 1 aromatic carbocycles. The highest BCUT2D eigenvalue weighted by Crippen LogP contribution is 2.29. The first-order valence-corrected chi connectivity index (χ1v) is 11.2. The number of aromatic nitrogens is 4. The lowest BCUT2D eigenvalue weighted by Gasteiger charge is -2.33. The molecule has 32 heavy (non-hydrogen) atoms. The van der Waals surface area contributed by atoms with Crippen molar-refractivity contribution < 1.29 is 13.7 Å². The van der Waals surface area contributed by atoms with E-state index in [9.17, 15) is 9.18 Å². The Hall–Kier alpha value is -3.23. The summed E-state index contributed by atoms with van der Waals surface area (Å²) >= 11 is 0. The van der Waals surface area contributed by atoms with Crippen LogP contribution in [-0.4, -0.2) is 45.2 Å². The fourth-order valence-corrected chi connectivity index (χ4v) is 4.04. The first-order valence-electron chi connectivity index (χ1n) is 11.2. The van der Waals surface area contributed by atoms with Gasteiger partial charge in [0.15, 0.2) is 5.82 Å². The molecular weight excluding hydrogens is 411 g/mol. The minimum atomic E-state index is -0.323. The van der Waals surface area contributed by atoms with Gasteiger partial charge in [0.2, 0.25) is 5.91 Å². The largest absolute Gasteiger partial charge is 0.369 e. The van der Waals surface area contributed by atoms with Crippen molar-refractivity contribution in [3.05, 3.63) is 48.1 Å². The summed E-state index contributed by atoms with van der Waals surface area (Å²) in [5.41, 5.74) is 1.11. The van der Waals surface area contributed by atoms with Crippen LogP contribution in [-0.2, 0) is 17.8 Å². The first kappa shape index (κ1) is 22.0. The second-order valence-corrected chi connectivity index (χ2v) is 8.11. The number of amides is 1. The van der Waals surface area contributed by atoms with E-state index in [1.807, 2.05) is 24.9 Å². The summed E-state index contributed by atoms with van der Waals surface area (Å²) in [4.78, 5) is 23.0. The third-order valence-corrected chi connectivity index (χ3v) is 5.98. The summed E-state index contributed by atoms with van der Waals surface area (Å²) < 4.78 is 22.1. The summed E-state index contributed by atoms with van der Waals surface area (Å²) in [6.45, 7) is 6.66. The Balaban J connectivity index is 1.25. The van der Waals surface area contributed by atoms with Crippen molar-refractivity contribution in [1.29, 1.82) is 0 Å². The van der Waals surface area contributed by atoms with Crippen LogP contribution in [0.4, 0.5) is 10.1 Å². The zero-order valence-corrected chi connectivity index (χ0v) is 18.6. The molecule has 0 bridgehead atoms. The first-order chi connectivity index (χ1) is 15.5. The third kappa shape index (κ3) is 4.98. The van der Waals surface area contributed by atoms with Crippen molar-refractivity contribution in [2.45, 2.75) is 46.1 Å². The number of hydrogen-bond acceptors (Lipinski definition) is 6. The second-order valence-electron chi connectivity index (χ2n) is 8.11. The Morgan fingerprint density at radius 2 is 2.12 bits per heavy atom. The molecule has 1 saturated heterocycles. The highest BCUT2D eigenvalue weighted by molar-refractivity contribution is 5.79. The lowest BCUT2D eigenvalue weighted by molar-refractivity contribution is -0.125. The Bertz CT molecular complexity index is 1050. The Labute approximate surface area is 186 Å². The maximum absolute atomic E-state index is 14.8. The molecule has 0 atom stereocenters. The van der Waals surface area contributed by atoms with Gasteiger partial charge in [0, 0.05) is 56.5 Å². The van der Waals surface area contributed by atoms with Gasteiger partial charge in [-0.2, -0.15) is 4.98 Å². The van der Waals surface area contributed by atoms with Gasteiger partial charge in [-0.15, -0.1) is 0 Å². The SMILES string of the molecule is CCc1noc(-c2ccc(N3CCC(C(=O)NCCCn4ccnc4C)CC3)c(F)c2)n1. The summed E-state index contributed by atoms with van der Waals surface area (Å²) in [5.74, 6) is 1.64. The van der Waals surface area contributed by atoms with Crippen molar-refractivity contribution in [2.24, 2.45) is 5.92 Å². The number of piperidine rings is 1. The van der Waals surface area contributed by atoms with Gasteiger partial charge in [-0.05, 0) is 44.4 Å². The van der Waals surface area contributed by atoms with E-state index < -0.39 is 0 Å². The second kappa shape index (κ2) is 9.93. The molecule has 0 radical (unpaired) electrons. The number of halogens is 1. The average Bonchev–Trinajstić information content (AvgIpc) is 3.45. The molecule has 8 nitrogen and oxygen atoms in total. The van der Waals surface area contributed by atoms with Crippen molar-refractivity contribution in [2.75, 3.05) is 24.5 Å². The van der Waals surface area contributed by atoms with Crippen LogP contribution in [0.5, 0.6) is 0 Å². The average molecular weight is 441 g/mol. The van der Waals surface area contributed by atoms with Gasteiger partial charge in [0.05, 0.1) is 5.69 Å². The summed E-state index contributed by atoms with van der Waals surface area (Å²) in [6, 6.07) is 4.98. The molecule has 170 valence electrons. The number of benzene rings is 1. The molecule has 1 amide bonds. The molecule has 1 N–H and O–H groups in total. The number of nitrogens with zero attached hydrogens (tertiary/aromatic N) is 5. The summed E-state index contributed by atoms with van der Waals surface area (Å²) in [6.07, 6.45) is 6.67. The monoisotopic (exact) mass is 440 g/mol. The van der Waals surface area contributed by atoms with E-state index in [0.717, 1.165) is 18.8 Å². The summed E-state index contributed by atoms with van der Waals surface area (Å²) in [7, 11) is 0. The van der Waals surface area contributed by atoms with Crippen molar-refractivity contribution in [3.8, 4) is 11.5 Å². The maximum Gasteiger partial charge on any atom is 0.258 e. The maximum atomic E-state index is 14.8. The van der Waals surface area contributed by atoms with Crippen LogP contribution in [0.2, 0.25) is 0 Å². The minimum absolute atomic E-state index is 0.0329. The highest BCUT2D eigenvalue weighted by atomic mass is 19.1. The molecule has 1 aliphatic heterocycles. The number of aryl methyl sites for hydroxylation is 3. The van der Waals surface area contributed by atoms with Crippen molar-refractivity contribution >= 4 is 11.6 Å². The Morgan fingerprint density at radius 1 is 1.31 bits per heavy atom. The van der Waals surface area contributed by atoms with Crippen LogP contribution in [0.1, 0.15) is 37.8 Å². The zero-order valence-electron chi connectivity index (χ0n) is 18.6. The number of carbonyl (C=O) groups is 1. The molecule has 3 aromatic rings. The number of imidazole rings is 1. The van der Waals surface area contributed by atoms with Crippen LogP contribution in [0.15, 0.2) is 35.1 Å². The van der Waals surface area contributed by atoms with E-state index in [2.05, 4.69) is 25.0 Å². The molecule has 0 saturated carbocycles. The van der Waals surface area contributed by atoms with Crippen LogP contribution in [0.3, 0.4) is 0 Å². The molecule has 0 unspecified atom stereocenters.